The van der Waals surface area contributed by atoms with E-state index in [9.17, 15) is 8.42 Å². The van der Waals surface area contributed by atoms with Crippen LogP contribution in [0.25, 0.3) is 11.1 Å². The van der Waals surface area contributed by atoms with Gasteiger partial charge in [-0.05, 0) is 48.7 Å². The molecule has 4 heterocycles. The number of sulfone groups is 1. The first-order valence-corrected chi connectivity index (χ1v) is 11.5. The largest absolute Gasteiger partial charge is 0.297 e. The zero-order valence-electron chi connectivity index (χ0n) is 16.6. The van der Waals surface area contributed by atoms with Crippen molar-refractivity contribution in [1.29, 1.82) is 0 Å². The smallest absolute Gasteiger partial charge is 0.183 e. The first-order valence-electron chi connectivity index (χ1n) is 9.97. The fourth-order valence-corrected chi connectivity index (χ4v) is 6.76. The third kappa shape index (κ3) is 3.09. The predicted octanol–water partition coefficient (Wildman–Crippen LogP) is 3.28. The number of nitrogens with zero attached hydrogens (tertiary/aromatic N) is 4. The summed E-state index contributed by atoms with van der Waals surface area (Å²) in [4.78, 5) is 6.94. The van der Waals surface area contributed by atoms with Crippen LogP contribution in [0.15, 0.2) is 60.0 Å². The second kappa shape index (κ2) is 6.78. The van der Waals surface area contributed by atoms with Gasteiger partial charge in [0.1, 0.15) is 0 Å². The molecular weight excluding hydrogens is 384 g/mol. The number of likely N-dealkylation sites (tertiary alicyclic amines) is 1. The summed E-state index contributed by atoms with van der Waals surface area (Å²) in [6.07, 6.45) is 7.50. The van der Waals surface area contributed by atoms with Gasteiger partial charge in [-0.3, -0.25) is 14.6 Å². The molecule has 1 fully saturated rings. The van der Waals surface area contributed by atoms with Crippen molar-refractivity contribution in [3.05, 3.63) is 66.2 Å². The van der Waals surface area contributed by atoms with Crippen LogP contribution in [0.1, 0.15) is 36.9 Å². The van der Waals surface area contributed by atoms with E-state index in [1.165, 1.54) is 0 Å². The Bertz CT molecular complexity index is 1150. The summed E-state index contributed by atoms with van der Waals surface area (Å²) in [5, 5.41) is 4.05. The molecule has 2 aliphatic rings. The maximum absolute atomic E-state index is 13.1. The van der Waals surface area contributed by atoms with Gasteiger partial charge >= 0.3 is 0 Å². The molecule has 7 heteroatoms. The van der Waals surface area contributed by atoms with Gasteiger partial charge in [-0.1, -0.05) is 12.1 Å². The van der Waals surface area contributed by atoms with E-state index in [1.54, 1.807) is 12.3 Å². The van der Waals surface area contributed by atoms with Gasteiger partial charge in [0.05, 0.1) is 16.3 Å². The van der Waals surface area contributed by atoms with Crippen LogP contribution in [0.3, 0.4) is 0 Å². The molecule has 2 aromatic heterocycles. The van der Waals surface area contributed by atoms with E-state index in [4.69, 9.17) is 0 Å². The molecule has 150 valence electrons. The Morgan fingerprint density at radius 1 is 1.14 bits per heavy atom. The SMILES string of the molecule is CC(C)n1cc(CN2C[C@@H]3c4cc(-c5cccnc5)ccc4S(=O)(=O)[C@@H]3C2)cn1. The lowest BCUT2D eigenvalue weighted by atomic mass is 9.95. The molecule has 29 heavy (non-hydrogen) atoms. The van der Waals surface area contributed by atoms with Gasteiger partial charge in [0.25, 0.3) is 0 Å². The van der Waals surface area contributed by atoms with Crippen molar-refractivity contribution in [3.8, 4) is 11.1 Å². The van der Waals surface area contributed by atoms with Crippen LogP contribution in [0.4, 0.5) is 0 Å². The highest BCUT2D eigenvalue weighted by Gasteiger charge is 2.50. The van der Waals surface area contributed by atoms with Crippen LogP contribution in [0, 0.1) is 0 Å². The Balaban J connectivity index is 1.43. The molecular formula is C22H24N4O2S. The van der Waals surface area contributed by atoms with Gasteiger partial charge in [-0.25, -0.2) is 8.42 Å². The molecule has 0 bridgehead atoms. The Morgan fingerprint density at radius 3 is 2.72 bits per heavy atom. The number of benzene rings is 1. The van der Waals surface area contributed by atoms with Gasteiger partial charge in [-0.15, -0.1) is 0 Å². The number of hydrogen-bond acceptors (Lipinski definition) is 5. The third-order valence-corrected chi connectivity index (χ3v) is 8.30. The van der Waals surface area contributed by atoms with Gasteiger partial charge in [0.2, 0.25) is 0 Å². The molecule has 0 N–H and O–H groups in total. The van der Waals surface area contributed by atoms with E-state index in [0.717, 1.165) is 35.3 Å². The fraction of sp³-hybridized carbons (Fsp3) is 0.364. The van der Waals surface area contributed by atoms with Gasteiger partial charge in [0, 0.05) is 55.7 Å². The minimum Gasteiger partial charge on any atom is -0.297 e. The van der Waals surface area contributed by atoms with Gasteiger partial charge in [-0.2, -0.15) is 5.10 Å². The number of aromatic nitrogens is 3. The Hall–Kier alpha value is -2.51. The first-order chi connectivity index (χ1) is 13.9. The van der Waals surface area contributed by atoms with E-state index in [2.05, 4.69) is 41.1 Å². The summed E-state index contributed by atoms with van der Waals surface area (Å²) in [6.45, 7) is 6.24. The zero-order valence-corrected chi connectivity index (χ0v) is 17.4. The van der Waals surface area contributed by atoms with Crippen molar-refractivity contribution in [1.82, 2.24) is 19.7 Å². The molecule has 0 spiro atoms. The van der Waals surface area contributed by atoms with E-state index in [1.807, 2.05) is 35.3 Å². The first kappa shape index (κ1) is 18.5. The molecule has 0 saturated carbocycles. The fourth-order valence-electron chi connectivity index (χ4n) is 4.57. The van der Waals surface area contributed by atoms with E-state index < -0.39 is 9.84 Å². The number of rotatable bonds is 4. The molecule has 1 aromatic carbocycles. The summed E-state index contributed by atoms with van der Waals surface area (Å²) in [5.74, 6) is 0.0202. The lowest BCUT2D eigenvalue weighted by molar-refractivity contribution is 0.325. The lowest BCUT2D eigenvalue weighted by Crippen LogP contribution is -2.25. The zero-order chi connectivity index (χ0) is 20.2. The molecule has 5 rings (SSSR count). The average Bonchev–Trinajstić information content (AvgIpc) is 3.40. The second-order valence-electron chi connectivity index (χ2n) is 8.30. The quantitative estimate of drug-likeness (QED) is 0.663. The molecule has 2 aliphatic heterocycles. The molecule has 0 radical (unpaired) electrons. The molecule has 2 atom stereocenters. The van der Waals surface area contributed by atoms with Crippen molar-refractivity contribution >= 4 is 9.84 Å². The minimum atomic E-state index is -3.29. The van der Waals surface area contributed by atoms with Crippen LogP contribution < -0.4 is 0 Å². The van der Waals surface area contributed by atoms with E-state index >= 15 is 0 Å². The maximum atomic E-state index is 13.1. The predicted molar refractivity (Wildman–Crippen MR) is 111 cm³/mol. The summed E-state index contributed by atoms with van der Waals surface area (Å²) in [7, 11) is -3.29. The van der Waals surface area contributed by atoms with Crippen molar-refractivity contribution < 1.29 is 8.42 Å². The normalized spacial score (nSPS) is 22.7. The van der Waals surface area contributed by atoms with Crippen molar-refractivity contribution in [2.75, 3.05) is 13.1 Å². The summed E-state index contributed by atoms with van der Waals surface area (Å²) in [6, 6.07) is 9.95. The van der Waals surface area contributed by atoms with Gasteiger partial charge < -0.3 is 0 Å². The summed E-state index contributed by atoms with van der Waals surface area (Å²) in [5.41, 5.74) is 4.11. The Morgan fingerprint density at radius 2 is 2.00 bits per heavy atom. The summed E-state index contributed by atoms with van der Waals surface area (Å²) < 4.78 is 28.2. The van der Waals surface area contributed by atoms with Crippen molar-refractivity contribution in [3.63, 3.8) is 0 Å². The second-order valence-corrected chi connectivity index (χ2v) is 10.4. The van der Waals surface area contributed by atoms with Crippen LogP contribution >= 0.6 is 0 Å². The molecule has 0 aliphatic carbocycles. The highest BCUT2D eigenvalue weighted by atomic mass is 32.2. The van der Waals surface area contributed by atoms with E-state index in [-0.39, 0.29) is 11.2 Å². The highest BCUT2D eigenvalue weighted by molar-refractivity contribution is 7.92. The summed E-state index contributed by atoms with van der Waals surface area (Å²) >= 11 is 0. The standard InChI is InChI=1S/C22H24N4O2S/c1-15(2)26-12-16(9-24-26)11-25-13-20-19-8-17(18-4-3-7-23-10-18)5-6-21(19)29(27,28)22(20)14-25/h3-10,12,15,20,22H,11,13-14H2,1-2H3/t20-,22-/m1/s1. The highest BCUT2D eigenvalue weighted by Crippen LogP contribution is 2.46. The van der Waals surface area contributed by atoms with Crippen LogP contribution in [0.2, 0.25) is 0 Å². The molecule has 6 nitrogen and oxygen atoms in total. The van der Waals surface area contributed by atoms with E-state index in [0.29, 0.717) is 17.5 Å². The van der Waals surface area contributed by atoms with Crippen LogP contribution in [-0.2, 0) is 16.4 Å². The monoisotopic (exact) mass is 408 g/mol. The number of hydrogen-bond donors (Lipinski definition) is 0. The molecule has 0 amide bonds. The number of fused-ring (bicyclic) bond motifs is 3. The molecule has 1 saturated heterocycles. The lowest BCUT2D eigenvalue weighted by Gasteiger charge is -2.16. The maximum Gasteiger partial charge on any atom is 0.183 e. The average molecular weight is 409 g/mol. The molecule has 3 aromatic rings. The number of pyridine rings is 1. The third-order valence-electron chi connectivity index (χ3n) is 6.04. The Kier molecular flexibility index (Phi) is 4.33. The van der Waals surface area contributed by atoms with Crippen molar-refractivity contribution in [2.24, 2.45) is 0 Å². The minimum absolute atomic E-state index is 0.0202. The van der Waals surface area contributed by atoms with Crippen LogP contribution in [0.5, 0.6) is 0 Å². The topological polar surface area (TPSA) is 68.1 Å². The Labute approximate surface area is 171 Å². The van der Waals surface area contributed by atoms with Crippen LogP contribution in [-0.4, -0.2) is 46.4 Å². The van der Waals surface area contributed by atoms with Gasteiger partial charge in [0.15, 0.2) is 9.84 Å². The van der Waals surface area contributed by atoms with Crippen molar-refractivity contribution in [2.45, 2.75) is 42.5 Å². The molecule has 0 unspecified atom stereocenters.